The summed E-state index contributed by atoms with van der Waals surface area (Å²) in [6.07, 6.45) is 1.50. The molecule has 1 saturated heterocycles. The average Bonchev–Trinajstić information content (AvgIpc) is 3.38. The summed E-state index contributed by atoms with van der Waals surface area (Å²) in [5, 5.41) is 7.61. The summed E-state index contributed by atoms with van der Waals surface area (Å²) in [5.74, 6) is -1.46. The molecule has 1 fully saturated rings. The fraction of sp³-hybridized carbons (Fsp3) is 0.231. The molecule has 0 saturated carbocycles. The maximum atomic E-state index is 13.9. The van der Waals surface area contributed by atoms with Crippen molar-refractivity contribution in [1.29, 1.82) is 0 Å². The molecule has 9 nitrogen and oxygen atoms in total. The molecule has 3 N–H and O–H groups in total. The van der Waals surface area contributed by atoms with Crippen LogP contribution in [-0.2, 0) is 21.4 Å². The minimum Gasteiger partial charge on any atom is -0.352 e. The Morgan fingerprint density at radius 1 is 1.00 bits per heavy atom. The summed E-state index contributed by atoms with van der Waals surface area (Å²) >= 11 is 0. The molecule has 0 bridgehead atoms. The van der Waals surface area contributed by atoms with Gasteiger partial charge in [0, 0.05) is 24.6 Å². The topological polar surface area (TPSA) is 113 Å². The van der Waals surface area contributed by atoms with Gasteiger partial charge in [-0.3, -0.25) is 24.6 Å². The van der Waals surface area contributed by atoms with Crippen molar-refractivity contribution in [1.82, 2.24) is 15.2 Å². The number of imide groups is 1. The normalized spacial score (nSPS) is 15.8. The fourth-order valence-corrected chi connectivity index (χ4v) is 4.25. The first kappa shape index (κ1) is 23.7. The van der Waals surface area contributed by atoms with Crippen LogP contribution in [0.2, 0.25) is 0 Å². The summed E-state index contributed by atoms with van der Waals surface area (Å²) in [6, 6.07) is 15.4. The smallest absolute Gasteiger partial charge is 0.322 e. The van der Waals surface area contributed by atoms with Crippen LogP contribution in [0, 0.1) is 13.8 Å². The molecule has 2 aromatic carbocycles. The van der Waals surface area contributed by atoms with Gasteiger partial charge in [-0.1, -0.05) is 36.4 Å². The molecule has 0 spiro atoms. The molecular formula is C26H27N5O4. The van der Waals surface area contributed by atoms with Crippen LogP contribution in [0.5, 0.6) is 0 Å². The number of carbonyl (C=O) groups is 4. The van der Waals surface area contributed by atoms with Gasteiger partial charge in [0.1, 0.15) is 6.04 Å². The monoisotopic (exact) mass is 473 g/mol. The summed E-state index contributed by atoms with van der Waals surface area (Å²) in [7, 11) is 1.80. The molecule has 1 aromatic heterocycles. The third-order valence-corrected chi connectivity index (χ3v) is 6.04. The number of rotatable bonds is 7. The van der Waals surface area contributed by atoms with Crippen LogP contribution in [0.4, 0.5) is 16.2 Å². The maximum Gasteiger partial charge on any atom is 0.322 e. The number of hydrogen-bond donors (Lipinski definition) is 3. The van der Waals surface area contributed by atoms with Crippen molar-refractivity contribution in [3.05, 3.63) is 83.7 Å². The van der Waals surface area contributed by atoms with Gasteiger partial charge in [0.25, 0.3) is 11.8 Å². The number of amides is 5. The molecule has 0 aliphatic carbocycles. The van der Waals surface area contributed by atoms with E-state index in [-0.39, 0.29) is 6.42 Å². The fourth-order valence-electron chi connectivity index (χ4n) is 4.25. The Bertz CT molecular complexity index is 1260. The summed E-state index contributed by atoms with van der Waals surface area (Å²) in [6.45, 7) is 3.81. The van der Waals surface area contributed by atoms with Crippen molar-refractivity contribution in [2.45, 2.75) is 32.4 Å². The minimum absolute atomic E-state index is 0.302. The third kappa shape index (κ3) is 4.93. The van der Waals surface area contributed by atoms with Crippen LogP contribution in [0.3, 0.4) is 0 Å². The van der Waals surface area contributed by atoms with Gasteiger partial charge in [0.05, 0.1) is 12.1 Å². The Morgan fingerprint density at radius 3 is 2.26 bits per heavy atom. The Kier molecular flexibility index (Phi) is 6.68. The highest BCUT2D eigenvalue weighted by Gasteiger charge is 2.38. The van der Waals surface area contributed by atoms with Gasteiger partial charge in [-0.05, 0) is 49.2 Å². The number of para-hydroxylation sites is 2. The molecule has 3 aromatic rings. The minimum atomic E-state index is -1.04. The van der Waals surface area contributed by atoms with E-state index < -0.39 is 35.8 Å². The molecule has 5 amide bonds. The number of nitrogens with one attached hydrogen (secondary N) is 3. The van der Waals surface area contributed by atoms with Crippen molar-refractivity contribution < 1.29 is 19.2 Å². The zero-order chi connectivity index (χ0) is 25.1. The van der Waals surface area contributed by atoms with E-state index in [9.17, 15) is 19.2 Å². The zero-order valence-electron chi connectivity index (χ0n) is 19.7. The number of urea groups is 1. The van der Waals surface area contributed by atoms with E-state index in [1.807, 2.05) is 38.1 Å². The van der Waals surface area contributed by atoms with Crippen LogP contribution in [0.15, 0.2) is 66.9 Å². The highest BCUT2D eigenvalue weighted by atomic mass is 16.2. The Hall–Kier alpha value is -4.40. The molecule has 2 atom stereocenters. The van der Waals surface area contributed by atoms with Crippen LogP contribution in [0.1, 0.15) is 29.3 Å². The van der Waals surface area contributed by atoms with Crippen molar-refractivity contribution in [2.75, 3.05) is 10.2 Å². The molecule has 0 radical (unpaired) electrons. The first-order chi connectivity index (χ1) is 16.8. The van der Waals surface area contributed by atoms with Crippen molar-refractivity contribution >= 4 is 35.1 Å². The number of anilines is 2. The van der Waals surface area contributed by atoms with Gasteiger partial charge in [-0.2, -0.15) is 0 Å². The van der Waals surface area contributed by atoms with Gasteiger partial charge < -0.3 is 15.2 Å². The molecule has 4 rings (SSSR count). The van der Waals surface area contributed by atoms with E-state index in [0.29, 0.717) is 17.1 Å². The van der Waals surface area contributed by atoms with Gasteiger partial charge in [0.15, 0.2) is 6.04 Å². The largest absolute Gasteiger partial charge is 0.352 e. The lowest BCUT2D eigenvalue weighted by Crippen LogP contribution is -2.45. The first-order valence-corrected chi connectivity index (χ1v) is 11.2. The number of nitrogens with zero attached hydrogens (tertiary/aromatic N) is 2. The number of hydrogen-bond acceptors (Lipinski definition) is 4. The second kappa shape index (κ2) is 9.84. The van der Waals surface area contributed by atoms with Crippen LogP contribution < -0.4 is 20.9 Å². The van der Waals surface area contributed by atoms with E-state index >= 15 is 0 Å². The molecular weight excluding hydrogens is 446 g/mol. The van der Waals surface area contributed by atoms with Crippen LogP contribution >= 0.6 is 0 Å². The Morgan fingerprint density at radius 2 is 1.69 bits per heavy atom. The Labute approximate surface area is 203 Å². The lowest BCUT2D eigenvalue weighted by molar-refractivity contribution is -0.126. The number of carbonyl (C=O) groups excluding carboxylic acids is 4. The van der Waals surface area contributed by atoms with E-state index in [0.717, 1.165) is 11.1 Å². The standard InChI is InChI=1S/C26H27N5O4/c1-16-9-7-10-17(2)22(16)28-25(34)23(20-13-8-14-30(20)3)31(18-11-5-4-6-12-18)21(32)15-19-24(33)29-26(35)27-19/h4-14,19,23H,15H2,1-3H3,(H,28,34)(H2,27,29,33,35)/t19-,23-/m0/s1. The second-order valence-corrected chi connectivity index (χ2v) is 8.52. The quantitative estimate of drug-likeness (QED) is 0.458. The highest BCUT2D eigenvalue weighted by Crippen LogP contribution is 2.31. The van der Waals surface area contributed by atoms with Gasteiger partial charge in [-0.15, -0.1) is 0 Å². The maximum absolute atomic E-state index is 13.9. The van der Waals surface area contributed by atoms with Crippen LogP contribution in [-0.4, -0.2) is 34.4 Å². The number of aromatic nitrogens is 1. The predicted molar refractivity (Wildman–Crippen MR) is 132 cm³/mol. The SMILES string of the molecule is Cc1cccc(C)c1NC(=O)[C@H](c1cccn1C)N(C(=O)C[C@@H]1NC(=O)NC1=O)c1ccccc1. The lowest BCUT2D eigenvalue weighted by Gasteiger charge is -2.32. The molecule has 1 aliphatic rings. The molecule has 0 unspecified atom stereocenters. The van der Waals surface area contributed by atoms with E-state index in [4.69, 9.17) is 0 Å². The third-order valence-electron chi connectivity index (χ3n) is 6.04. The summed E-state index contributed by atoms with van der Waals surface area (Å²) in [5.41, 5.74) is 3.55. The molecule has 9 heteroatoms. The van der Waals surface area contributed by atoms with Gasteiger partial charge in [-0.25, -0.2) is 4.79 Å². The summed E-state index contributed by atoms with van der Waals surface area (Å²) < 4.78 is 1.78. The van der Waals surface area contributed by atoms with E-state index in [1.54, 1.807) is 54.2 Å². The van der Waals surface area contributed by atoms with Gasteiger partial charge >= 0.3 is 6.03 Å². The van der Waals surface area contributed by atoms with Crippen molar-refractivity contribution in [2.24, 2.45) is 7.05 Å². The first-order valence-electron chi connectivity index (χ1n) is 11.2. The lowest BCUT2D eigenvalue weighted by atomic mass is 10.0. The highest BCUT2D eigenvalue weighted by molar-refractivity contribution is 6.09. The second-order valence-electron chi connectivity index (χ2n) is 8.52. The van der Waals surface area contributed by atoms with Crippen LogP contribution in [0.25, 0.3) is 0 Å². The Balaban J connectivity index is 1.77. The summed E-state index contributed by atoms with van der Waals surface area (Å²) in [4.78, 5) is 52.7. The predicted octanol–water partition coefficient (Wildman–Crippen LogP) is 2.95. The zero-order valence-corrected chi connectivity index (χ0v) is 19.7. The van der Waals surface area contributed by atoms with E-state index in [1.165, 1.54) is 4.90 Å². The van der Waals surface area contributed by atoms with E-state index in [2.05, 4.69) is 16.0 Å². The average molecular weight is 474 g/mol. The van der Waals surface area contributed by atoms with Crippen molar-refractivity contribution in [3.63, 3.8) is 0 Å². The van der Waals surface area contributed by atoms with Crippen molar-refractivity contribution in [3.8, 4) is 0 Å². The number of aryl methyl sites for hydroxylation is 3. The molecule has 180 valence electrons. The van der Waals surface area contributed by atoms with Gasteiger partial charge in [0.2, 0.25) is 5.91 Å². The molecule has 1 aliphatic heterocycles. The molecule has 2 heterocycles. The molecule has 35 heavy (non-hydrogen) atoms. The number of benzene rings is 2.